The van der Waals surface area contributed by atoms with Gasteiger partial charge in [0.1, 0.15) is 11.5 Å². The van der Waals surface area contributed by atoms with Crippen LogP contribution in [0.15, 0.2) is 46.9 Å². The van der Waals surface area contributed by atoms with Crippen LogP contribution in [0.2, 0.25) is 0 Å². The lowest BCUT2D eigenvalue weighted by Crippen LogP contribution is -2.31. The maximum Gasteiger partial charge on any atom is 0.118 e. The van der Waals surface area contributed by atoms with Crippen LogP contribution >= 0.6 is 0 Å². The second kappa shape index (κ2) is 7.27. The van der Waals surface area contributed by atoms with Gasteiger partial charge in [-0.25, -0.2) is 0 Å². The first-order chi connectivity index (χ1) is 9.67. The van der Waals surface area contributed by atoms with Crippen LogP contribution in [0.5, 0.6) is 0 Å². The average molecular weight is 273 g/mol. The van der Waals surface area contributed by atoms with Crippen molar-refractivity contribution in [2.24, 2.45) is 0 Å². The average Bonchev–Trinajstić information content (AvgIpc) is 2.85. The first-order valence-corrected chi connectivity index (χ1v) is 7.17. The van der Waals surface area contributed by atoms with Crippen molar-refractivity contribution in [3.05, 3.63) is 59.5 Å². The van der Waals surface area contributed by atoms with Crippen molar-refractivity contribution in [3.8, 4) is 0 Å². The highest BCUT2D eigenvalue weighted by molar-refractivity contribution is 5.15. The van der Waals surface area contributed by atoms with Gasteiger partial charge < -0.3 is 9.52 Å². The molecule has 0 bridgehead atoms. The minimum atomic E-state index is -0.297. The molecule has 0 aliphatic heterocycles. The summed E-state index contributed by atoms with van der Waals surface area (Å²) in [7, 11) is 0. The normalized spacial score (nSPS) is 12.8. The number of aryl methyl sites for hydroxylation is 1. The predicted molar refractivity (Wildman–Crippen MR) is 80.3 cm³/mol. The molecule has 0 saturated carbocycles. The van der Waals surface area contributed by atoms with Gasteiger partial charge in [-0.1, -0.05) is 37.3 Å². The number of rotatable bonds is 7. The zero-order chi connectivity index (χ0) is 14.4. The van der Waals surface area contributed by atoms with Crippen LogP contribution in [0, 0.1) is 6.92 Å². The van der Waals surface area contributed by atoms with Crippen LogP contribution in [0.3, 0.4) is 0 Å². The fraction of sp³-hybridized carbons (Fsp3) is 0.412. The zero-order valence-corrected chi connectivity index (χ0v) is 12.2. The van der Waals surface area contributed by atoms with Crippen LogP contribution in [-0.4, -0.2) is 22.7 Å². The van der Waals surface area contributed by atoms with E-state index >= 15 is 0 Å². The first-order valence-electron chi connectivity index (χ1n) is 7.17. The summed E-state index contributed by atoms with van der Waals surface area (Å²) in [5, 5.41) is 9.92. The summed E-state index contributed by atoms with van der Waals surface area (Å²) in [6.45, 7) is 6.15. The number of aliphatic hydroxyl groups excluding tert-OH is 1. The van der Waals surface area contributed by atoms with Gasteiger partial charge in [0.25, 0.3) is 0 Å². The molecule has 20 heavy (non-hydrogen) atoms. The molecule has 3 nitrogen and oxygen atoms in total. The van der Waals surface area contributed by atoms with Crippen molar-refractivity contribution >= 4 is 0 Å². The highest BCUT2D eigenvalue weighted by atomic mass is 16.3. The predicted octanol–water partition coefficient (Wildman–Crippen LogP) is 3.36. The van der Waals surface area contributed by atoms with E-state index in [1.54, 1.807) is 0 Å². The Bertz CT molecular complexity index is 507. The largest absolute Gasteiger partial charge is 0.465 e. The lowest BCUT2D eigenvalue weighted by atomic mass is 10.2. The van der Waals surface area contributed by atoms with Crippen LogP contribution in [0.1, 0.15) is 30.4 Å². The van der Waals surface area contributed by atoms with Gasteiger partial charge in [0.2, 0.25) is 0 Å². The van der Waals surface area contributed by atoms with Gasteiger partial charge >= 0.3 is 0 Å². The molecule has 2 rings (SSSR count). The molecule has 0 aliphatic rings. The minimum Gasteiger partial charge on any atom is -0.465 e. The molecule has 1 aromatic carbocycles. The van der Waals surface area contributed by atoms with E-state index in [1.807, 2.05) is 44.2 Å². The van der Waals surface area contributed by atoms with Gasteiger partial charge in [-0.3, -0.25) is 4.90 Å². The zero-order valence-electron chi connectivity index (χ0n) is 12.2. The molecule has 108 valence electrons. The standard InChI is InChI=1S/C17H23NO2/c1-3-16(19)12-18(11-15-7-5-4-6-8-15)13-17-10-9-14(2)20-17/h4-10,16,19H,3,11-13H2,1-2H3/t16-/m1/s1. The second-order valence-corrected chi connectivity index (χ2v) is 5.23. The molecule has 0 aliphatic carbocycles. The fourth-order valence-corrected chi connectivity index (χ4v) is 2.24. The smallest absolute Gasteiger partial charge is 0.118 e. The van der Waals surface area contributed by atoms with Crippen molar-refractivity contribution in [1.82, 2.24) is 4.90 Å². The minimum absolute atomic E-state index is 0.297. The molecule has 0 amide bonds. The van der Waals surface area contributed by atoms with Gasteiger partial charge in [-0.15, -0.1) is 0 Å². The van der Waals surface area contributed by atoms with Gasteiger partial charge in [-0.05, 0) is 31.0 Å². The van der Waals surface area contributed by atoms with Gasteiger partial charge in [0.05, 0.1) is 12.6 Å². The van der Waals surface area contributed by atoms with Gasteiger partial charge in [0, 0.05) is 13.1 Å². The summed E-state index contributed by atoms with van der Waals surface area (Å²) in [6.07, 6.45) is 0.470. The summed E-state index contributed by atoms with van der Waals surface area (Å²) in [5.74, 6) is 1.87. The van der Waals surface area contributed by atoms with Crippen LogP contribution in [0.25, 0.3) is 0 Å². The molecule has 3 heteroatoms. The third-order valence-electron chi connectivity index (χ3n) is 3.36. The molecule has 0 radical (unpaired) electrons. The Labute approximate surface area is 120 Å². The Morgan fingerprint density at radius 3 is 2.45 bits per heavy atom. The van der Waals surface area contributed by atoms with Crippen molar-refractivity contribution in [2.45, 2.75) is 39.5 Å². The van der Waals surface area contributed by atoms with Crippen molar-refractivity contribution in [3.63, 3.8) is 0 Å². The maximum atomic E-state index is 9.92. The van der Waals surface area contributed by atoms with Crippen molar-refractivity contribution in [1.29, 1.82) is 0 Å². The molecular weight excluding hydrogens is 250 g/mol. The number of nitrogens with zero attached hydrogens (tertiary/aromatic N) is 1. The fourth-order valence-electron chi connectivity index (χ4n) is 2.24. The van der Waals surface area contributed by atoms with E-state index in [1.165, 1.54) is 5.56 Å². The van der Waals surface area contributed by atoms with E-state index in [2.05, 4.69) is 17.0 Å². The van der Waals surface area contributed by atoms with Gasteiger partial charge in [-0.2, -0.15) is 0 Å². The summed E-state index contributed by atoms with van der Waals surface area (Å²) >= 11 is 0. The molecule has 1 aromatic heterocycles. The third-order valence-corrected chi connectivity index (χ3v) is 3.36. The molecule has 0 unspecified atom stereocenters. The SMILES string of the molecule is CC[C@@H](O)CN(Cc1ccccc1)Cc1ccc(C)o1. The molecule has 0 saturated heterocycles. The Morgan fingerprint density at radius 1 is 1.10 bits per heavy atom. The lowest BCUT2D eigenvalue weighted by Gasteiger charge is -2.23. The third kappa shape index (κ3) is 4.51. The van der Waals surface area contributed by atoms with E-state index in [4.69, 9.17) is 4.42 Å². The topological polar surface area (TPSA) is 36.6 Å². The van der Waals surface area contributed by atoms with Crippen LogP contribution in [0.4, 0.5) is 0 Å². The molecular formula is C17H23NO2. The highest BCUT2D eigenvalue weighted by Crippen LogP contribution is 2.13. The Kier molecular flexibility index (Phi) is 5.39. The summed E-state index contributed by atoms with van der Waals surface area (Å²) in [4.78, 5) is 2.22. The van der Waals surface area contributed by atoms with Crippen LogP contribution < -0.4 is 0 Å². The monoisotopic (exact) mass is 273 g/mol. The molecule has 1 atom stereocenters. The first kappa shape index (κ1) is 14.8. The van der Waals surface area contributed by atoms with E-state index in [0.29, 0.717) is 6.54 Å². The number of aliphatic hydroxyl groups is 1. The molecule has 1 heterocycles. The van der Waals surface area contributed by atoms with E-state index in [0.717, 1.165) is 31.0 Å². The molecule has 1 N–H and O–H groups in total. The van der Waals surface area contributed by atoms with E-state index < -0.39 is 0 Å². The number of hydrogen-bond donors (Lipinski definition) is 1. The quantitative estimate of drug-likeness (QED) is 0.840. The Balaban J connectivity index is 2.03. The number of hydrogen-bond acceptors (Lipinski definition) is 3. The molecule has 0 spiro atoms. The van der Waals surface area contributed by atoms with Crippen molar-refractivity contribution < 1.29 is 9.52 Å². The van der Waals surface area contributed by atoms with Crippen LogP contribution in [-0.2, 0) is 13.1 Å². The summed E-state index contributed by atoms with van der Waals surface area (Å²) < 4.78 is 5.64. The number of benzene rings is 1. The molecule has 0 fully saturated rings. The molecule has 2 aromatic rings. The van der Waals surface area contributed by atoms with E-state index in [9.17, 15) is 5.11 Å². The lowest BCUT2D eigenvalue weighted by molar-refractivity contribution is 0.0972. The van der Waals surface area contributed by atoms with E-state index in [-0.39, 0.29) is 6.10 Å². The highest BCUT2D eigenvalue weighted by Gasteiger charge is 2.13. The Morgan fingerprint density at radius 2 is 1.85 bits per heavy atom. The summed E-state index contributed by atoms with van der Waals surface area (Å²) in [6, 6.07) is 14.3. The Hall–Kier alpha value is -1.58. The maximum absolute atomic E-state index is 9.92. The van der Waals surface area contributed by atoms with Crippen molar-refractivity contribution in [2.75, 3.05) is 6.54 Å². The van der Waals surface area contributed by atoms with Gasteiger partial charge in [0.15, 0.2) is 0 Å². The number of furan rings is 1. The summed E-state index contributed by atoms with van der Waals surface area (Å²) in [5.41, 5.74) is 1.25. The second-order valence-electron chi connectivity index (χ2n) is 5.23.